The monoisotopic (exact) mass is 305 g/mol. The summed E-state index contributed by atoms with van der Waals surface area (Å²) in [5.41, 5.74) is 1.27. The summed E-state index contributed by atoms with van der Waals surface area (Å²) in [7, 11) is 1.62. The molecule has 1 fully saturated rings. The number of aromatic nitrogens is 1. The number of methoxy groups -OCH3 is 1. The molecule has 0 amide bonds. The summed E-state index contributed by atoms with van der Waals surface area (Å²) in [5.74, 6) is 4.98. The smallest absolute Gasteiger partial charge is 0.416 e. The van der Waals surface area contributed by atoms with E-state index in [9.17, 15) is 13.2 Å². The van der Waals surface area contributed by atoms with E-state index in [4.69, 9.17) is 15.3 Å². The number of hydrogen-bond acceptors (Lipinski definition) is 5. The molecule has 0 saturated heterocycles. The zero-order chi connectivity index (χ0) is 15.5. The lowest BCUT2D eigenvalue weighted by Crippen LogP contribution is -2.30. The number of alkyl halides is 3. The highest BCUT2D eigenvalue weighted by molar-refractivity contribution is 5.41. The molecule has 21 heavy (non-hydrogen) atoms. The highest BCUT2D eigenvalue weighted by atomic mass is 19.4. The summed E-state index contributed by atoms with van der Waals surface area (Å²) in [6.07, 6.45) is -1.37. The molecule has 3 N–H and O–H groups in total. The average Bonchev–Trinajstić information content (AvgIpc) is 2.46. The Morgan fingerprint density at radius 3 is 2.62 bits per heavy atom. The summed E-state index contributed by atoms with van der Waals surface area (Å²) in [6.45, 7) is 0. The van der Waals surface area contributed by atoms with Crippen LogP contribution >= 0.6 is 0 Å². The molecule has 0 aromatic carbocycles. The van der Waals surface area contributed by atoms with Crippen molar-refractivity contribution in [3.63, 3.8) is 0 Å². The third-order valence-electron chi connectivity index (χ3n) is 3.48. The number of rotatable bonds is 4. The first-order valence-electron chi connectivity index (χ1n) is 6.67. The fraction of sp³-hybridized carbons (Fsp3) is 0.615. The van der Waals surface area contributed by atoms with E-state index in [2.05, 4.69) is 10.4 Å². The van der Waals surface area contributed by atoms with Gasteiger partial charge in [-0.25, -0.2) is 5.84 Å². The van der Waals surface area contributed by atoms with Crippen LogP contribution in [0.5, 0.6) is 5.88 Å². The van der Waals surface area contributed by atoms with Gasteiger partial charge in [-0.15, -0.1) is 0 Å². The standard InChI is InChI=1S/C13H18F3N3O2/c1-20-9-3-2-4-10(7-9)21-12-6-8(13(14,15)16)5-11(18-12)19-17/h5-6,9-10H,2-4,7,17H2,1H3,(H,18,19). The molecular formula is C13H18F3N3O2. The van der Waals surface area contributed by atoms with Gasteiger partial charge in [0.2, 0.25) is 5.88 Å². The predicted octanol–water partition coefficient (Wildman–Crippen LogP) is 2.72. The molecule has 8 heteroatoms. The Bertz CT molecular complexity index is 482. The van der Waals surface area contributed by atoms with Gasteiger partial charge in [0.1, 0.15) is 11.9 Å². The average molecular weight is 305 g/mol. The second-order valence-electron chi connectivity index (χ2n) is 4.99. The first-order chi connectivity index (χ1) is 9.92. The van der Waals surface area contributed by atoms with Crippen molar-refractivity contribution in [3.05, 3.63) is 17.7 Å². The van der Waals surface area contributed by atoms with Crippen LogP contribution in [0.15, 0.2) is 12.1 Å². The molecule has 0 radical (unpaired) electrons. The normalized spacial score (nSPS) is 22.9. The van der Waals surface area contributed by atoms with Crippen LogP contribution in [0.2, 0.25) is 0 Å². The summed E-state index contributed by atoms with van der Waals surface area (Å²) >= 11 is 0. The maximum atomic E-state index is 12.8. The van der Waals surface area contributed by atoms with Crippen molar-refractivity contribution in [1.29, 1.82) is 0 Å². The Kier molecular flexibility index (Phi) is 4.89. The number of nitrogens with one attached hydrogen (secondary N) is 1. The summed E-state index contributed by atoms with van der Waals surface area (Å²) < 4.78 is 49.3. The van der Waals surface area contributed by atoms with E-state index < -0.39 is 11.7 Å². The van der Waals surface area contributed by atoms with Gasteiger partial charge in [-0.05, 0) is 25.3 Å². The summed E-state index contributed by atoms with van der Waals surface area (Å²) in [5, 5.41) is 0. The molecule has 1 aliphatic rings. The molecule has 2 rings (SSSR count). The Hall–Kier alpha value is -1.54. The SMILES string of the molecule is COC1CCCC(Oc2cc(C(F)(F)F)cc(NN)n2)C1. The van der Waals surface area contributed by atoms with E-state index in [0.29, 0.717) is 6.42 Å². The van der Waals surface area contributed by atoms with E-state index in [1.165, 1.54) is 0 Å². The van der Waals surface area contributed by atoms with Crippen molar-refractivity contribution in [3.8, 4) is 5.88 Å². The fourth-order valence-electron chi connectivity index (χ4n) is 2.40. The van der Waals surface area contributed by atoms with Crippen LogP contribution < -0.4 is 16.0 Å². The molecular weight excluding hydrogens is 287 g/mol. The quantitative estimate of drug-likeness (QED) is 0.661. The van der Waals surface area contributed by atoms with Crippen molar-refractivity contribution in [1.82, 2.24) is 4.98 Å². The van der Waals surface area contributed by atoms with E-state index in [1.54, 1.807) is 7.11 Å². The third kappa shape index (κ3) is 4.21. The zero-order valence-corrected chi connectivity index (χ0v) is 11.6. The molecule has 1 aliphatic carbocycles. The second kappa shape index (κ2) is 6.48. The van der Waals surface area contributed by atoms with E-state index in [-0.39, 0.29) is 23.9 Å². The van der Waals surface area contributed by atoms with E-state index in [0.717, 1.165) is 31.4 Å². The molecule has 1 heterocycles. The first kappa shape index (κ1) is 15.8. The third-order valence-corrected chi connectivity index (χ3v) is 3.48. The predicted molar refractivity (Wildman–Crippen MR) is 70.7 cm³/mol. The number of pyridine rings is 1. The molecule has 1 aromatic rings. The van der Waals surface area contributed by atoms with Crippen LogP contribution in [0, 0.1) is 0 Å². The van der Waals surface area contributed by atoms with Crippen molar-refractivity contribution >= 4 is 5.82 Å². The number of halogens is 3. The van der Waals surface area contributed by atoms with Crippen LogP contribution in [0.25, 0.3) is 0 Å². The van der Waals surface area contributed by atoms with Crippen LogP contribution in [0.1, 0.15) is 31.2 Å². The molecule has 2 unspecified atom stereocenters. The molecule has 0 spiro atoms. The maximum Gasteiger partial charge on any atom is 0.416 e. The first-order valence-corrected chi connectivity index (χ1v) is 6.67. The number of ether oxygens (including phenoxy) is 2. The largest absolute Gasteiger partial charge is 0.474 e. The van der Waals surface area contributed by atoms with Gasteiger partial charge in [-0.3, -0.25) is 0 Å². The lowest BCUT2D eigenvalue weighted by Gasteiger charge is -2.28. The van der Waals surface area contributed by atoms with Crippen molar-refractivity contribution in [2.24, 2.45) is 5.84 Å². The lowest BCUT2D eigenvalue weighted by molar-refractivity contribution is -0.137. The molecule has 1 aromatic heterocycles. The zero-order valence-electron chi connectivity index (χ0n) is 11.6. The van der Waals surface area contributed by atoms with Gasteiger partial charge in [0, 0.05) is 19.6 Å². The number of nitrogens with two attached hydrogens (primary N) is 1. The van der Waals surface area contributed by atoms with Gasteiger partial charge in [-0.1, -0.05) is 0 Å². The molecule has 0 aliphatic heterocycles. The summed E-state index contributed by atoms with van der Waals surface area (Å²) in [6, 6.07) is 1.73. The number of hydrogen-bond donors (Lipinski definition) is 2. The van der Waals surface area contributed by atoms with Gasteiger partial charge < -0.3 is 14.9 Å². The van der Waals surface area contributed by atoms with Crippen molar-refractivity contribution in [2.75, 3.05) is 12.5 Å². The number of nitrogens with zero attached hydrogens (tertiary/aromatic N) is 1. The van der Waals surface area contributed by atoms with Crippen molar-refractivity contribution < 1.29 is 22.6 Å². The van der Waals surface area contributed by atoms with Gasteiger partial charge in [0.25, 0.3) is 0 Å². The second-order valence-corrected chi connectivity index (χ2v) is 4.99. The number of nitrogen functional groups attached to an aromatic ring is 1. The van der Waals surface area contributed by atoms with Crippen LogP contribution in [0.3, 0.4) is 0 Å². The number of hydrazine groups is 1. The molecule has 0 bridgehead atoms. The van der Waals surface area contributed by atoms with Crippen molar-refractivity contribution in [2.45, 2.75) is 44.1 Å². The van der Waals surface area contributed by atoms with E-state index in [1.807, 2.05) is 0 Å². The highest BCUT2D eigenvalue weighted by Crippen LogP contribution is 2.33. The minimum absolute atomic E-state index is 0.0710. The van der Waals surface area contributed by atoms with Gasteiger partial charge in [0.05, 0.1) is 11.7 Å². The van der Waals surface area contributed by atoms with E-state index >= 15 is 0 Å². The van der Waals surface area contributed by atoms with Crippen LogP contribution in [0.4, 0.5) is 19.0 Å². The Balaban J connectivity index is 2.15. The van der Waals surface area contributed by atoms with Gasteiger partial charge >= 0.3 is 6.18 Å². The topological polar surface area (TPSA) is 69.4 Å². The van der Waals surface area contributed by atoms with Gasteiger partial charge in [0.15, 0.2) is 0 Å². The molecule has 118 valence electrons. The Morgan fingerprint density at radius 2 is 2.00 bits per heavy atom. The lowest BCUT2D eigenvalue weighted by atomic mass is 9.95. The van der Waals surface area contributed by atoms with Gasteiger partial charge in [-0.2, -0.15) is 18.2 Å². The molecule has 1 saturated carbocycles. The minimum atomic E-state index is -4.48. The maximum absolute atomic E-state index is 12.8. The summed E-state index contributed by atoms with van der Waals surface area (Å²) in [4.78, 5) is 3.91. The van der Waals surface area contributed by atoms with Crippen LogP contribution in [-0.4, -0.2) is 24.3 Å². The minimum Gasteiger partial charge on any atom is -0.474 e. The highest BCUT2D eigenvalue weighted by Gasteiger charge is 2.32. The Labute approximate surface area is 120 Å². The van der Waals surface area contributed by atoms with Crippen LogP contribution in [-0.2, 0) is 10.9 Å². The fourth-order valence-corrected chi connectivity index (χ4v) is 2.40. The number of anilines is 1. The molecule has 5 nitrogen and oxygen atoms in total. The molecule has 2 atom stereocenters. The Morgan fingerprint density at radius 1 is 1.29 bits per heavy atom.